The number of carboxylic acid groups (broad SMARTS) is 1. The number of carbonyl (C=O) groups is 1. The summed E-state index contributed by atoms with van der Waals surface area (Å²) in [6, 6.07) is 5.95. The third-order valence-electron chi connectivity index (χ3n) is 2.46. The van der Waals surface area contributed by atoms with Crippen molar-refractivity contribution in [3.8, 4) is 11.4 Å². The summed E-state index contributed by atoms with van der Waals surface area (Å²) in [5.74, 6) is -0.678. The van der Waals surface area contributed by atoms with Gasteiger partial charge in [-0.05, 0) is 31.2 Å². The van der Waals surface area contributed by atoms with Crippen molar-refractivity contribution < 1.29 is 14.3 Å². The molecule has 19 heavy (non-hydrogen) atoms. The summed E-state index contributed by atoms with van der Waals surface area (Å²) in [5.41, 5.74) is 0.748. The number of nitrogens with zero attached hydrogens (tertiary/aromatic N) is 3. The highest BCUT2D eigenvalue weighted by atomic mass is 32.2. The van der Waals surface area contributed by atoms with Crippen LogP contribution in [0.15, 0.2) is 29.4 Å². The van der Waals surface area contributed by atoms with E-state index in [0.717, 1.165) is 17.3 Å². The Morgan fingerprint density at radius 2 is 2.05 bits per heavy atom. The molecule has 1 aromatic carbocycles. The van der Waals surface area contributed by atoms with Crippen LogP contribution in [0.5, 0.6) is 0 Å². The van der Waals surface area contributed by atoms with E-state index in [1.165, 1.54) is 12.1 Å². The van der Waals surface area contributed by atoms with Crippen molar-refractivity contribution in [2.45, 2.75) is 18.6 Å². The van der Waals surface area contributed by atoms with Crippen molar-refractivity contribution in [3.05, 3.63) is 30.1 Å². The first kappa shape index (κ1) is 13.5. The largest absolute Gasteiger partial charge is 0.481 e. The topological polar surface area (TPSA) is 68.0 Å². The molecular formula is C12H12FN3O2S. The number of thioether (sulfide) groups is 1. The fraction of sp³-hybridized carbons (Fsp3) is 0.250. The van der Waals surface area contributed by atoms with Gasteiger partial charge in [-0.15, -0.1) is 10.2 Å². The molecule has 7 heteroatoms. The van der Waals surface area contributed by atoms with Gasteiger partial charge in [0.2, 0.25) is 0 Å². The van der Waals surface area contributed by atoms with Gasteiger partial charge in [-0.2, -0.15) is 0 Å². The molecule has 0 saturated heterocycles. The van der Waals surface area contributed by atoms with E-state index in [1.54, 1.807) is 16.7 Å². The lowest BCUT2D eigenvalue weighted by atomic mass is 10.2. The van der Waals surface area contributed by atoms with E-state index in [2.05, 4.69) is 10.2 Å². The van der Waals surface area contributed by atoms with Crippen LogP contribution in [0, 0.1) is 5.82 Å². The average Bonchev–Trinajstić information content (AvgIpc) is 2.80. The van der Waals surface area contributed by atoms with Gasteiger partial charge in [0, 0.05) is 12.1 Å². The van der Waals surface area contributed by atoms with E-state index in [0.29, 0.717) is 17.5 Å². The summed E-state index contributed by atoms with van der Waals surface area (Å²) >= 11 is 1.11. The Morgan fingerprint density at radius 3 is 2.63 bits per heavy atom. The van der Waals surface area contributed by atoms with Crippen LogP contribution in [0.2, 0.25) is 0 Å². The highest BCUT2D eigenvalue weighted by molar-refractivity contribution is 7.99. The number of aliphatic carboxylic acids is 1. The van der Waals surface area contributed by atoms with Crippen LogP contribution in [0.1, 0.15) is 6.92 Å². The smallest absolute Gasteiger partial charge is 0.313 e. The second-order valence-corrected chi connectivity index (χ2v) is 4.68. The van der Waals surface area contributed by atoms with Crippen molar-refractivity contribution in [2.24, 2.45) is 0 Å². The lowest BCUT2D eigenvalue weighted by molar-refractivity contribution is -0.133. The first-order valence-electron chi connectivity index (χ1n) is 5.65. The zero-order valence-electron chi connectivity index (χ0n) is 10.2. The molecule has 0 saturated carbocycles. The van der Waals surface area contributed by atoms with E-state index in [4.69, 9.17) is 5.11 Å². The molecule has 0 atom stereocenters. The minimum absolute atomic E-state index is 0.0679. The highest BCUT2D eigenvalue weighted by Crippen LogP contribution is 2.23. The van der Waals surface area contributed by atoms with Gasteiger partial charge in [-0.25, -0.2) is 4.39 Å². The number of rotatable bonds is 5. The molecule has 0 amide bonds. The minimum atomic E-state index is -0.904. The summed E-state index contributed by atoms with van der Waals surface area (Å²) in [7, 11) is 0. The van der Waals surface area contributed by atoms with Gasteiger partial charge >= 0.3 is 5.97 Å². The molecule has 1 heterocycles. The Kier molecular flexibility index (Phi) is 4.16. The molecule has 0 aliphatic rings. The molecule has 0 fully saturated rings. The maximum atomic E-state index is 12.9. The summed E-state index contributed by atoms with van der Waals surface area (Å²) in [6.45, 7) is 2.53. The molecule has 1 aromatic heterocycles. The second-order valence-electron chi connectivity index (χ2n) is 3.74. The number of hydrogen-bond donors (Lipinski definition) is 1. The van der Waals surface area contributed by atoms with Crippen LogP contribution < -0.4 is 0 Å². The van der Waals surface area contributed by atoms with Crippen molar-refractivity contribution >= 4 is 17.7 Å². The van der Waals surface area contributed by atoms with Gasteiger partial charge < -0.3 is 9.67 Å². The minimum Gasteiger partial charge on any atom is -0.481 e. The van der Waals surface area contributed by atoms with Crippen LogP contribution >= 0.6 is 11.8 Å². The lowest BCUT2D eigenvalue weighted by Gasteiger charge is -2.06. The number of carboxylic acids is 1. The second kappa shape index (κ2) is 5.83. The molecule has 5 nitrogen and oxygen atoms in total. The fourth-order valence-electron chi connectivity index (χ4n) is 1.62. The maximum Gasteiger partial charge on any atom is 0.313 e. The molecule has 0 bridgehead atoms. The van der Waals surface area contributed by atoms with Crippen LogP contribution in [0.3, 0.4) is 0 Å². The van der Waals surface area contributed by atoms with E-state index in [9.17, 15) is 9.18 Å². The van der Waals surface area contributed by atoms with E-state index < -0.39 is 5.97 Å². The molecular weight excluding hydrogens is 269 g/mol. The first-order chi connectivity index (χ1) is 9.11. The standard InChI is InChI=1S/C12H12FN3O2S/c1-2-16-11(8-3-5-9(13)6-4-8)14-15-12(16)19-7-10(17)18/h3-6H,2,7H2,1H3,(H,17,18). The third kappa shape index (κ3) is 3.11. The monoisotopic (exact) mass is 281 g/mol. The lowest BCUT2D eigenvalue weighted by Crippen LogP contribution is -2.03. The zero-order valence-corrected chi connectivity index (χ0v) is 11.0. The number of aromatic nitrogens is 3. The Morgan fingerprint density at radius 1 is 1.37 bits per heavy atom. The van der Waals surface area contributed by atoms with Crippen molar-refractivity contribution in [1.29, 1.82) is 0 Å². The molecule has 1 N–H and O–H groups in total. The molecule has 100 valence electrons. The van der Waals surface area contributed by atoms with E-state index >= 15 is 0 Å². The van der Waals surface area contributed by atoms with Crippen LogP contribution in [0.4, 0.5) is 4.39 Å². The Bertz CT molecular complexity index is 583. The first-order valence-corrected chi connectivity index (χ1v) is 6.64. The molecule has 0 radical (unpaired) electrons. The normalized spacial score (nSPS) is 10.6. The summed E-state index contributed by atoms with van der Waals surface area (Å²) in [4.78, 5) is 10.6. The van der Waals surface area contributed by atoms with Crippen molar-refractivity contribution in [2.75, 3.05) is 5.75 Å². The van der Waals surface area contributed by atoms with Crippen LogP contribution in [0.25, 0.3) is 11.4 Å². The van der Waals surface area contributed by atoms with Gasteiger partial charge in [-0.1, -0.05) is 11.8 Å². The number of benzene rings is 1. The molecule has 0 spiro atoms. The van der Waals surface area contributed by atoms with Crippen molar-refractivity contribution in [1.82, 2.24) is 14.8 Å². The Labute approximate surface area is 113 Å². The van der Waals surface area contributed by atoms with Gasteiger partial charge in [0.25, 0.3) is 0 Å². The summed E-state index contributed by atoms with van der Waals surface area (Å²) in [6.07, 6.45) is 0. The van der Waals surface area contributed by atoms with Gasteiger partial charge in [0.15, 0.2) is 11.0 Å². The number of hydrogen-bond acceptors (Lipinski definition) is 4. The highest BCUT2D eigenvalue weighted by Gasteiger charge is 2.14. The Hall–Kier alpha value is -1.89. The molecule has 2 aromatic rings. The van der Waals surface area contributed by atoms with Gasteiger partial charge in [-0.3, -0.25) is 4.79 Å². The van der Waals surface area contributed by atoms with Crippen LogP contribution in [-0.2, 0) is 11.3 Å². The SMILES string of the molecule is CCn1c(SCC(=O)O)nnc1-c1ccc(F)cc1. The molecule has 0 aliphatic heterocycles. The Balaban J connectivity index is 2.31. The molecule has 2 rings (SSSR count). The van der Waals surface area contributed by atoms with Crippen molar-refractivity contribution in [3.63, 3.8) is 0 Å². The van der Waals surface area contributed by atoms with Gasteiger partial charge in [0.1, 0.15) is 5.82 Å². The molecule has 0 aliphatic carbocycles. The van der Waals surface area contributed by atoms with Gasteiger partial charge in [0.05, 0.1) is 5.75 Å². The average molecular weight is 281 g/mol. The maximum absolute atomic E-state index is 12.9. The quantitative estimate of drug-likeness (QED) is 0.852. The summed E-state index contributed by atoms with van der Waals surface area (Å²) < 4.78 is 14.7. The number of halogens is 1. The predicted octanol–water partition coefficient (Wildman–Crippen LogP) is 2.28. The zero-order chi connectivity index (χ0) is 13.8. The third-order valence-corrected chi connectivity index (χ3v) is 3.41. The van der Waals surface area contributed by atoms with E-state index in [1.807, 2.05) is 6.92 Å². The summed E-state index contributed by atoms with van der Waals surface area (Å²) in [5, 5.41) is 17.2. The fourth-order valence-corrected chi connectivity index (χ4v) is 2.34. The van der Waals surface area contributed by atoms with Crippen LogP contribution in [-0.4, -0.2) is 31.6 Å². The predicted molar refractivity (Wildman–Crippen MR) is 69.4 cm³/mol. The van der Waals surface area contributed by atoms with E-state index in [-0.39, 0.29) is 11.6 Å². The molecule has 0 unspecified atom stereocenters.